The van der Waals surface area contributed by atoms with Gasteiger partial charge in [0.2, 0.25) is 0 Å². The third kappa shape index (κ3) is 4.03. The molecular weight excluding hydrogens is 274 g/mol. The van der Waals surface area contributed by atoms with E-state index in [1.807, 2.05) is 14.0 Å². The molecule has 0 saturated heterocycles. The van der Waals surface area contributed by atoms with Gasteiger partial charge in [-0.15, -0.1) is 0 Å². The molecular formula is C14H19N3S2. The summed E-state index contributed by atoms with van der Waals surface area (Å²) in [7, 11) is 2.00. The van der Waals surface area contributed by atoms with Gasteiger partial charge in [0.25, 0.3) is 0 Å². The van der Waals surface area contributed by atoms with Crippen molar-refractivity contribution in [3.05, 3.63) is 41.2 Å². The van der Waals surface area contributed by atoms with E-state index in [4.69, 9.17) is 0 Å². The highest BCUT2D eigenvalue weighted by atomic mass is 32.2. The van der Waals surface area contributed by atoms with Gasteiger partial charge in [0.05, 0.1) is 0 Å². The summed E-state index contributed by atoms with van der Waals surface area (Å²) < 4.78 is 5.25. The number of rotatable bonds is 6. The van der Waals surface area contributed by atoms with Crippen LogP contribution in [0.15, 0.2) is 28.6 Å². The van der Waals surface area contributed by atoms with Crippen LogP contribution < -0.4 is 5.32 Å². The summed E-state index contributed by atoms with van der Waals surface area (Å²) in [5.41, 5.74) is 2.71. The second-order valence-corrected chi connectivity index (χ2v) is 6.37. The summed E-state index contributed by atoms with van der Waals surface area (Å²) in [4.78, 5) is 4.38. The van der Waals surface area contributed by atoms with Gasteiger partial charge in [0.1, 0.15) is 5.82 Å². The van der Waals surface area contributed by atoms with E-state index in [-0.39, 0.29) is 0 Å². The lowest BCUT2D eigenvalue weighted by Gasteiger charge is -2.15. The molecule has 1 unspecified atom stereocenters. The second-order valence-electron chi connectivity index (χ2n) is 4.35. The van der Waals surface area contributed by atoms with Crippen LogP contribution in [0.3, 0.4) is 0 Å². The molecule has 0 amide bonds. The standard InChI is InChI=1S/C14H19N3S2/c1-4-11-5-7-12(8-6-11)13(15-3)9-18-14-16-10(2)17-19-14/h5-8,13,15H,4,9H2,1-3H3. The van der Waals surface area contributed by atoms with Crippen LogP contribution in [-0.2, 0) is 6.42 Å². The van der Waals surface area contributed by atoms with Crippen molar-refractivity contribution < 1.29 is 0 Å². The zero-order valence-electron chi connectivity index (χ0n) is 11.5. The second kappa shape index (κ2) is 7.03. The number of hydrogen-bond donors (Lipinski definition) is 1. The molecule has 0 fully saturated rings. The zero-order chi connectivity index (χ0) is 13.7. The number of nitrogens with one attached hydrogen (secondary N) is 1. The van der Waals surface area contributed by atoms with Crippen molar-refractivity contribution in [1.82, 2.24) is 14.7 Å². The molecule has 2 rings (SSSR count). The Kier molecular flexibility index (Phi) is 5.36. The van der Waals surface area contributed by atoms with Gasteiger partial charge in [-0.3, -0.25) is 0 Å². The topological polar surface area (TPSA) is 37.8 Å². The van der Waals surface area contributed by atoms with E-state index in [1.165, 1.54) is 22.7 Å². The van der Waals surface area contributed by atoms with Crippen molar-refractivity contribution in [2.75, 3.05) is 12.8 Å². The Bertz CT molecular complexity index is 508. The Morgan fingerprint density at radius 2 is 2.05 bits per heavy atom. The number of nitrogens with zero attached hydrogens (tertiary/aromatic N) is 2. The van der Waals surface area contributed by atoms with Gasteiger partial charge in [-0.2, -0.15) is 4.37 Å². The average Bonchev–Trinajstić information content (AvgIpc) is 2.86. The summed E-state index contributed by atoms with van der Waals surface area (Å²) in [6.07, 6.45) is 1.09. The van der Waals surface area contributed by atoms with E-state index in [2.05, 4.69) is 45.9 Å². The fourth-order valence-electron chi connectivity index (χ4n) is 1.82. The van der Waals surface area contributed by atoms with Crippen LogP contribution in [0.25, 0.3) is 0 Å². The molecule has 0 bridgehead atoms. The van der Waals surface area contributed by atoms with E-state index in [9.17, 15) is 0 Å². The zero-order valence-corrected chi connectivity index (χ0v) is 13.1. The Balaban J connectivity index is 1.98. The maximum absolute atomic E-state index is 4.38. The van der Waals surface area contributed by atoms with Crippen molar-refractivity contribution >= 4 is 23.3 Å². The van der Waals surface area contributed by atoms with Crippen molar-refractivity contribution in [2.24, 2.45) is 0 Å². The summed E-state index contributed by atoms with van der Waals surface area (Å²) in [5.74, 6) is 1.83. The van der Waals surface area contributed by atoms with E-state index in [0.29, 0.717) is 6.04 Å². The fourth-order valence-corrected chi connectivity index (χ4v) is 3.64. The maximum atomic E-state index is 4.38. The third-order valence-corrected chi connectivity index (χ3v) is 5.04. The molecule has 0 aliphatic rings. The fraction of sp³-hybridized carbons (Fsp3) is 0.429. The lowest BCUT2D eigenvalue weighted by Crippen LogP contribution is -2.18. The van der Waals surface area contributed by atoms with E-state index >= 15 is 0 Å². The van der Waals surface area contributed by atoms with Gasteiger partial charge >= 0.3 is 0 Å². The molecule has 3 nitrogen and oxygen atoms in total. The van der Waals surface area contributed by atoms with Gasteiger partial charge in [0, 0.05) is 11.8 Å². The van der Waals surface area contributed by atoms with Crippen LogP contribution in [0, 0.1) is 6.92 Å². The summed E-state index contributed by atoms with van der Waals surface area (Å²) >= 11 is 3.24. The van der Waals surface area contributed by atoms with Crippen LogP contribution >= 0.6 is 23.3 Å². The number of hydrogen-bond acceptors (Lipinski definition) is 5. The van der Waals surface area contributed by atoms with Gasteiger partial charge in [-0.25, -0.2) is 4.98 Å². The quantitative estimate of drug-likeness (QED) is 0.828. The maximum Gasteiger partial charge on any atom is 0.170 e. The minimum atomic E-state index is 0.347. The first-order valence-corrected chi connectivity index (χ1v) is 8.18. The van der Waals surface area contributed by atoms with Gasteiger partial charge in [-0.05, 0) is 43.1 Å². The number of benzene rings is 1. The highest BCUT2D eigenvalue weighted by molar-refractivity contribution is 8.00. The van der Waals surface area contributed by atoms with Crippen molar-refractivity contribution in [2.45, 2.75) is 30.6 Å². The van der Waals surface area contributed by atoms with E-state index < -0.39 is 0 Å². The molecule has 0 aliphatic heterocycles. The summed E-state index contributed by atoms with van der Waals surface area (Å²) in [6, 6.07) is 9.19. The first-order chi connectivity index (χ1) is 9.22. The monoisotopic (exact) mass is 293 g/mol. The Hall–Kier alpha value is -0.910. The molecule has 0 radical (unpaired) electrons. The minimum absolute atomic E-state index is 0.347. The lowest BCUT2D eigenvalue weighted by atomic mass is 10.1. The molecule has 0 aliphatic carbocycles. The normalized spacial score (nSPS) is 12.6. The first-order valence-electron chi connectivity index (χ1n) is 6.42. The Morgan fingerprint density at radius 1 is 1.32 bits per heavy atom. The van der Waals surface area contributed by atoms with Crippen molar-refractivity contribution in [3.8, 4) is 0 Å². The van der Waals surface area contributed by atoms with E-state index in [0.717, 1.165) is 22.3 Å². The Labute approximate surface area is 123 Å². The van der Waals surface area contributed by atoms with Crippen molar-refractivity contribution in [1.29, 1.82) is 0 Å². The number of aryl methyl sites for hydroxylation is 2. The van der Waals surface area contributed by atoms with Crippen LogP contribution in [0.4, 0.5) is 0 Å². The highest BCUT2D eigenvalue weighted by Gasteiger charge is 2.11. The van der Waals surface area contributed by atoms with Crippen LogP contribution in [0.5, 0.6) is 0 Å². The largest absolute Gasteiger partial charge is 0.312 e. The molecule has 1 aromatic heterocycles. The van der Waals surface area contributed by atoms with Crippen LogP contribution in [0.2, 0.25) is 0 Å². The predicted octanol–water partition coefficient (Wildman–Crippen LogP) is 3.46. The molecule has 1 atom stereocenters. The molecule has 1 N–H and O–H groups in total. The average molecular weight is 293 g/mol. The first kappa shape index (κ1) is 14.5. The van der Waals surface area contributed by atoms with Gasteiger partial charge in [-0.1, -0.05) is 43.0 Å². The number of thioether (sulfide) groups is 1. The summed E-state index contributed by atoms with van der Waals surface area (Å²) in [6.45, 7) is 4.11. The smallest absolute Gasteiger partial charge is 0.170 e. The van der Waals surface area contributed by atoms with Crippen molar-refractivity contribution in [3.63, 3.8) is 0 Å². The van der Waals surface area contributed by atoms with Crippen LogP contribution in [-0.4, -0.2) is 22.2 Å². The van der Waals surface area contributed by atoms with E-state index in [1.54, 1.807) is 11.8 Å². The molecule has 1 aromatic carbocycles. The van der Waals surface area contributed by atoms with Gasteiger partial charge in [0.15, 0.2) is 4.34 Å². The highest BCUT2D eigenvalue weighted by Crippen LogP contribution is 2.26. The Morgan fingerprint density at radius 3 is 2.58 bits per heavy atom. The molecule has 19 heavy (non-hydrogen) atoms. The molecule has 102 valence electrons. The SMILES string of the molecule is CCc1ccc(C(CSc2nc(C)ns2)NC)cc1. The predicted molar refractivity (Wildman–Crippen MR) is 83.0 cm³/mol. The van der Waals surface area contributed by atoms with Crippen LogP contribution in [0.1, 0.15) is 29.9 Å². The molecule has 0 spiro atoms. The molecule has 1 heterocycles. The minimum Gasteiger partial charge on any atom is -0.312 e. The van der Waals surface area contributed by atoms with Gasteiger partial charge < -0.3 is 5.32 Å². The molecule has 5 heteroatoms. The molecule has 0 saturated carbocycles. The lowest BCUT2D eigenvalue weighted by molar-refractivity contribution is 0.661. The number of aromatic nitrogens is 2. The molecule has 2 aromatic rings. The third-order valence-electron chi connectivity index (χ3n) is 3.02. The summed E-state index contributed by atoms with van der Waals surface area (Å²) in [5, 5.41) is 3.37.